The first kappa shape index (κ1) is 12.4. The van der Waals surface area contributed by atoms with Gasteiger partial charge in [0.15, 0.2) is 0 Å². The van der Waals surface area contributed by atoms with Gasteiger partial charge in [-0.15, -0.1) is 0 Å². The maximum Gasteiger partial charge on any atom is 0.0188 e. The first-order valence-corrected chi connectivity index (χ1v) is 7.20. The van der Waals surface area contributed by atoms with Crippen LogP contribution in [0.4, 0.5) is 0 Å². The van der Waals surface area contributed by atoms with E-state index < -0.39 is 0 Å². The van der Waals surface area contributed by atoms with Gasteiger partial charge in [-0.25, -0.2) is 0 Å². The van der Waals surface area contributed by atoms with Crippen LogP contribution < -0.4 is 5.73 Å². The third-order valence-electron chi connectivity index (χ3n) is 5.05. The lowest BCUT2D eigenvalue weighted by molar-refractivity contribution is 0.0705. The van der Waals surface area contributed by atoms with Crippen LogP contribution in [0.3, 0.4) is 0 Å². The smallest absolute Gasteiger partial charge is 0.0188 e. The Kier molecular flexibility index (Phi) is 3.36. The highest BCUT2D eigenvalue weighted by molar-refractivity contribution is 4.99. The Morgan fingerprint density at radius 2 is 1.81 bits per heavy atom. The van der Waals surface area contributed by atoms with E-state index in [-0.39, 0.29) is 5.54 Å². The number of hydrogen-bond acceptors (Lipinski definition) is 1. The van der Waals surface area contributed by atoms with Crippen molar-refractivity contribution in [3.8, 4) is 0 Å². The van der Waals surface area contributed by atoms with E-state index in [1.54, 1.807) is 0 Å². The number of hydrogen-bond donors (Lipinski definition) is 1. The van der Waals surface area contributed by atoms with Crippen molar-refractivity contribution >= 4 is 0 Å². The molecule has 0 heterocycles. The van der Waals surface area contributed by atoms with Gasteiger partial charge < -0.3 is 5.73 Å². The topological polar surface area (TPSA) is 26.0 Å². The van der Waals surface area contributed by atoms with Gasteiger partial charge in [-0.3, -0.25) is 0 Å². The van der Waals surface area contributed by atoms with Crippen LogP contribution in [0.2, 0.25) is 0 Å². The Morgan fingerprint density at radius 3 is 2.44 bits per heavy atom. The summed E-state index contributed by atoms with van der Waals surface area (Å²) in [5.74, 6) is 1.71. The summed E-state index contributed by atoms with van der Waals surface area (Å²) in [5.41, 5.74) is 7.41. The van der Waals surface area contributed by atoms with Crippen molar-refractivity contribution < 1.29 is 0 Å². The molecule has 2 rings (SSSR count). The lowest BCUT2D eigenvalue weighted by Crippen LogP contribution is -2.53. The molecule has 3 atom stereocenters. The Bertz CT molecular complexity index is 246. The molecule has 0 aromatic carbocycles. The van der Waals surface area contributed by atoms with Gasteiger partial charge in [0.2, 0.25) is 0 Å². The third kappa shape index (κ3) is 2.61. The van der Waals surface area contributed by atoms with E-state index in [1.165, 1.54) is 51.4 Å². The Hall–Kier alpha value is -0.0400. The summed E-state index contributed by atoms with van der Waals surface area (Å²) >= 11 is 0. The van der Waals surface area contributed by atoms with Crippen molar-refractivity contribution in [2.75, 3.05) is 0 Å². The van der Waals surface area contributed by atoms with E-state index in [2.05, 4.69) is 20.8 Å². The van der Waals surface area contributed by atoms with Crippen molar-refractivity contribution in [2.24, 2.45) is 23.0 Å². The van der Waals surface area contributed by atoms with E-state index in [4.69, 9.17) is 5.73 Å². The molecule has 2 aliphatic carbocycles. The van der Waals surface area contributed by atoms with Crippen LogP contribution in [-0.4, -0.2) is 5.54 Å². The maximum absolute atomic E-state index is 6.77. The highest BCUT2D eigenvalue weighted by Gasteiger charge is 2.43. The highest BCUT2D eigenvalue weighted by atomic mass is 14.8. The zero-order chi connectivity index (χ0) is 11.8. The van der Waals surface area contributed by atoms with Crippen LogP contribution in [0.1, 0.15) is 72.1 Å². The molecular formula is C15H29N. The molecule has 2 fully saturated rings. The summed E-state index contributed by atoms with van der Waals surface area (Å²) in [7, 11) is 0. The second-order valence-corrected chi connectivity index (χ2v) is 7.40. The van der Waals surface area contributed by atoms with Crippen LogP contribution in [0, 0.1) is 17.3 Å². The molecule has 0 aliphatic heterocycles. The van der Waals surface area contributed by atoms with Crippen molar-refractivity contribution in [3.05, 3.63) is 0 Å². The molecule has 0 aromatic rings. The predicted molar refractivity (Wildman–Crippen MR) is 70.3 cm³/mol. The number of nitrogens with two attached hydrogens (primary N) is 1. The summed E-state index contributed by atoms with van der Waals surface area (Å²) in [4.78, 5) is 0. The summed E-state index contributed by atoms with van der Waals surface area (Å²) in [6.07, 6.45) is 10.8. The summed E-state index contributed by atoms with van der Waals surface area (Å²) < 4.78 is 0. The highest BCUT2D eigenvalue weighted by Crippen LogP contribution is 2.47. The fourth-order valence-corrected chi connectivity index (χ4v) is 4.27. The second kappa shape index (κ2) is 4.33. The minimum Gasteiger partial charge on any atom is -0.325 e. The lowest BCUT2D eigenvalue weighted by Gasteiger charge is -2.49. The number of rotatable bonds is 1. The van der Waals surface area contributed by atoms with E-state index in [9.17, 15) is 0 Å². The molecule has 1 nitrogen and oxygen atoms in total. The molecule has 3 unspecified atom stereocenters. The van der Waals surface area contributed by atoms with Crippen molar-refractivity contribution in [2.45, 2.75) is 77.7 Å². The van der Waals surface area contributed by atoms with Crippen LogP contribution in [-0.2, 0) is 0 Å². The monoisotopic (exact) mass is 223 g/mol. The average molecular weight is 223 g/mol. The Labute approximate surface area is 101 Å². The molecule has 0 amide bonds. The fourth-order valence-electron chi connectivity index (χ4n) is 4.27. The maximum atomic E-state index is 6.77. The predicted octanol–water partition coefficient (Wildman–Crippen LogP) is 4.11. The molecule has 0 saturated heterocycles. The Balaban J connectivity index is 2.05. The van der Waals surface area contributed by atoms with E-state index >= 15 is 0 Å². The molecule has 94 valence electrons. The first-order valence-electron chi connectivity index (χ1n) is 7.20. The SMILES string of the molecule is CC1CCCC(C2(N)CCCC(C)(C)C2)C1. The van der Waals surface area contributed by atoms with Crippen LogP contribution in [0.5, 0.6) is 0 Å². The Morgan fingerprint density at radius 1 is 1.06 bits per heavy atom. The molecule has 2 saturated carbocycles. The third-order valence-corrected chi connectivity index (χ3v) is 5.05. The standard InChI is InChI=1S/C15H29N/c1-12-6-4-7-13(10-12)15(16)9-5-8-14(2,3)11-15/h12-13H,4-11,16H2,1-3H3. The summed E-state index contributed by atoms with van der Waals surface area (Å²) in [6.45, 7) is 7.21. The van der Waals surface area contributed by atoms with Crippen LogP contribution >= 0.6 is 0 Å². The summed E-state index contributed by atoms with van der Waals surface area (Å²) in [6, 6.07) is 0. The van der Waals surface area contributed by atoms with E-state index in [0.717, 1.165) is 11.8 Å². The minimum absolute atomic E-state index is 0.163. The normalized spacial score (nSPS) is 44.2. The fraction of sp³-hybridized carbons (Fsp3) is 1.00. The van der Waals surface area contributed by atoms with Crippen molar-refractivity contribution in [1.29, 1.82) is 0 Å². The molecule has 0 bridgehead atoms. The average Bonchev–Trinajstić information content (AvgIpc) is 2.15. The van der Waals surface area contributed by atoms with Crippen molar-refractivity contribution in [3.63, 3.8) is 0 Å². The van der Waals surface area contributed by atoms with E-state index in [1.807, 2.05) is 0 Å². The molecule has 0 radical (unpaired) electrons. The van der Waals surface area contributed by atoms with E-state index in [0.29, 0.717) is 5.41 Å². The zero-order valence-corrected chi connectivity index (χ0v) is 11.4. The molecule has 2 N–H and O–H groups in total. The van der Waals surface area contributed by atoms with Gasteiger partial charge in [0, 0.05) is 5.54 Å². The van der Waals surface area contributed by atoms with Gasteiger partial charge in [-0.1, -0.05) is 40.0 Å². The van der Waals surface area contributed by atoms with Gasteiger partial charge in [0.05, 0.1) is 0 Å². The second-order valence-electron chi connectivity index (χ2n) is 7.40. The van der Waals surface area contributed by atoms with Crippen LogP contribution in [0.25, 0.3) is 0 Å². The molecular weight excluding hydrogens is 194 g/mol. The summed E-state index contributed by atoms with van der Waals surface area (Å²) in [5, 5.41) is 0. The molecule has 1 heteroatoms. The molecule has 0 aromatic heterocycles. The minimum atomic E-state index is 0.163. The van der Waals surface area contributed by atoms with Crippen LogP contribution in [0.15, 0.2) is 0 Å². The zero-order valence-electron chi connectivity index (χ0n) is 11.4. The van der Waals surface area contributed by atoms with Gasteiger partial charge in [-0.05, 0) is 49.4 Å². The lowest BCUT2D eigenvalue weighted by atomic mass is 9.60. The molecule has 0 spiro atoms. The molecule has 16 heavy (non-hydrogen) atoms. The quantitative estimate of drug-likeness (QED) is 0.711. The van der Waals surface area contributed by atoms with Gasteiger partial charge in [-0.2, -0.15) is 0 Å². The molecule has 2 aliphatic rings. The van der Waals surface area contributed by atoms with Crippen molar-refractivity contribution in [1.82, 2.24) is 0 Å². The van der Waals surface area contributed by atoms with Gasteiger partial charge >= 0.3 is 0 Å². The first-order chi connectivity index (χ1) is 7.41. The van der Waals surface area contributed by atoms with Gasteiger partial charge in [0.1, 0.15) is 0 Å². The largest absolute Gasteiger partial charge is 0.325 e. The van der Waals surface area contributed by atoms with Gasteiger partial charge in [0.25, 0.3) is 0 Å².